The van der Waals surface area contributed by atoms with Gasteiger partial charge in [-0.2, -0.15) is 0 Å². The third kappa shape index (κ3) is 5.36. The number of nitro benzene ring substituents is 1. The fourth-order valence-electron chi connectivity index (χ4n) is 1.75. The molecule has 0 aliphatic heterocycles. The van der Waals surface area contributed by atoms with Gasteiger partial charge in [0, 0.05) is 18.5 Å². The van der Waals surface area contributed by atoms with Crippen LogP contribution in [0.4, 0.5) is 11.4 Å². The second-order valence-corrected chi connectivity index (χ2v) is 5.04. The molecule has 20 heavy (non-hydrogen) atoms. The van der Waals surface area contributed by atoms with E-state index < -0.39 is 4.92 Å². The third-order valence-corrected chi connectivity index (χ3v) is 2.76. The average Bonchev–Trinajstić information content (AvgIpc) is 2.36. The van der Waals surface area contributed by atoms with Crippen LogP contribution in [-0.4, -0.2) is 23.4 Å². The predicted molar refractivity (Wildman–Crippen MR) is 78.8 cm³/mol. The molecule has 1 rings (SSSR count). The van der Waals surface area contributed by atoms with Gasteiger partial charge in [-0.3, -0.25) is 14.9 Å². The molecule has 0 atom stereocenters. The minimum atomic E-state index is -0.483. The maximum absolute atomic E-state index is 11.8. The van der Waals surface area contributed by atoms with Gasteiger partial charge in [0.2, 0.25) is 5.91 Å². The molecule has 1 aromatic carbocycles. The highest BCUT2D eigenvalue weighted by molar-refractivity contribution is 5.93. The summed E-state index contributed by atoms with van der Waals surface area (Å²) in [4.78, 5) is 22.2. The Balaban J connectivity index is 2.55. The monoisotopic (exact) mass is 279 g/mol. The molecular weight excluding hydrogens is 258 g/mol. The summed E-state index contributed by atoms with van der Waals surface area (Å²) in [7, 11) is 0. The summed E-state index contributed by atoms with van der Waals surface area (Å²) < 4.78 is 0. The predicted octanol–water partition coefficient (Wildman–Crippen LogP) is 2.62. The lowest BCUT2D eigenvalue weighted by Crippen LogP contribution is -2.24. The summed E-state index contributed by atoms with van der Waals surface area (Å²) in [5, 5.41) is 16.7. The molecule has 110 valence electrons. The summed E-state index contributed by atoms with van der Waals surface area (Å²) in [6.07, 6.45) is 1.04. The van der Waals surface area contributed by atoms with Crippen LogP contribution in [0.3, 0.4) is 0 Å². The molecule has 6 nitrogen and oxygen atoms in total. The van der Waals surface area contributed by atoms with Crippen LogP contribution in [0.2, 0.25) is 0 Å². The number of amides is 1. The fourth-order valence-corrected chi connectivity index (χ4v) is 1.75. The highest BCUT2D eigenvalue weighted by Gasteiger charge is 2.15. The van der Waals surface area contributed by atoms with Crippen LogP contribution in [0, 0.1) is 17.0 Å². The molecule has 0 saturated carbocycles. The van der Waals surface area contributed by atoms with Crippen LogP contribution < -0.4 is 10.6 Å². The van der Waals surface area contributed by atoms with Gasteiger partial charge >= 0.3 is 0 Å². The van der Waals surface area contributed by atoms with E-state index in [1.807, 2.05) is 13.8 Å². The van der Waals surface area contributed by atoms with Crippen molar-refractivity contribution in [2.45, 2.75) is 39.7 Å². The Morgan fingerprint density at radius 3 is 2.70 bits per heavy atom. The molecule has 0 fully saturated rings. The summed E-state index contributed by atoms with van der Waals surface area (Å²) in [6, 6.07) is 5.15. The van der Waals surface area contributed by atoms with Gasteiger partial charge in [-0.15, -0.1) is 0 Å². The van der Waals surface area contributed by atoms with Crippen LogP contribution in [0.15, 0.2) is 18.2 Å². The van der Waals surface area contributed by atoms with Gasteiger partial charge in [-0.05, 0) is 31.5 Å². The summed E-state index contributed by atoms with van der Waals surface area (Å²) >= 11 is 0. The first-order valence-electron chi connectivity index (χ1n) is 6.68. The molecule has 0 aromatic heterocycles. The van der Waals surface area contributed by atoms with Crippen molar-refractivity contribution in [3.05, 3.63) is 33.9 Å². The number of nitrogens with one attached hydrogen (secondary N) is 2. The number of aryl methyl sites for hydroxylation is 1. The van der Waals surface area contributed by atoms with E-state index in [-0.39, 0.29) is 17.3 Å². The highest BCUT2D eigenvalue weighted by atomic mass is 16.6. The van der Waals surface area contributed by atoms with Crippen molar-refractivity contribution >= 4 is 17.3 Å². The van der Waals surface area contributed by atoms with E-state index in [1.54, 1.807) is 19.1 Å². The number of benzene rings is 1. The average molecular weight is 279 g/mol. The molecule has 0 saturated heterocycles. The second kappa shape index (κ2) is 7.59. The third-order valence-electron chi connectivity index (χ3n) is 2.76. The molecule has 0 radical (unpaired) electrons. The molecule has 0 heterocycles. The molecule has 1 amide bonds. The van der Waals surface area contributed by atoms with Gasteiger partial charge in [0.1, 0.15) is 5.69 Å². The van der Waals surface area contributed by atoms with Crippen LogP contribution >= 0.6 is 0 Å². The summed E-state index contributed by atoms with van der Waals surface area (Å²) in [5.74, 6) is -0.206. The summed E-state index contributed by atoms with van der Waals surface area (Å²) in [5.41, 5.74) is 0.969. The molecule has 0 aliphatic rings. The zero-order valence-corrected chi connectivity index (χ0v) is 12.1. The van der Waals surface area contributed by atoms with Gasteiger partial charge in [0.25, 0.3) is 5.69 Å². The molecule has 0 unspecified atom stereocenters. The van der Waals surface area contributed by atoms with E-state index >= 15 is 0 Å². The van der Waals surface area contributed by atoms with Crippen molar-refractivity contribution in [3.63, 3.8) is 0 Å². The number of anilines is 1. The number of carbonyl (C=O) groups is 1. The van der Waals surface area contributed by atoms with Crippen molar-refractivity contribution in [1.82, 2.24) is 5.32 Å². The molecule has 0 bridgehead atoms. The zero-order valence-electron chi connectivity index (χ0n) is 12.1. The normalized spacial score (nSPS) is 10.6. The number of hydrogen-bond acceptors (Lipinski definition) is 4. The lowest BCUT2D eigenvalue weighted by molar-refractivity contribution is -0.384. The van der Waals surface area contributed by atoms with Crippen LogP contribution in [-0.2, 0) is 4.79 Å². The minimum absolute atomic E-state index is 0.0707. The van der Waals surface area contributed by atoms with Crippen molar-refractivity contribution in [2.24, 2.45) is 0 Å². The molecule has 0 spiro atoms. The quantitative estimate of drug-likeness (QED) is 0.456. The SMILES string of the molecule is Cc1ccc(NC(=O)CCCNC(C)C)c([N+](=O)[O-])c1. The Bertz CT molecular complexity index is 487. The van der Waals surface area contributed by atoms with Crippen molar-refractivity contribution in [3.8, 4) is 0 Å². The second-order valence-electron chi connectivity index (χ2n) is 5.04. The smallest absolute Gasteiger partial charge is 0.293 e. The topological polar surface area (TPSA) is 84.3 Å². The Morgan fingerprint density at radius 2 is 2.10 bits per heavy atom. The Kier molecular flexibility index (Phi) is 6.11. The molecule has 6 heteroatoms. The van der Waals surface area contributed by atoms with Gasteiger partial charge < -0.3 is 10.6 Å². The number of nitrogens with zero attached hydrogens (tertiary/aromatic N) is 1. The number of rotatable bonds is 7. The lowest BCUT2D eigenvalue weighted by Gasteiger charge is -2.08. The maximum atomic E-state index is 11.8. The van der Waals surface area contributed by atoms with Crippen LogP contribution in [0.5, 0.6) is 0 Å². The van der Waals surface area contributed by atoms with Gasteiger partial charge in [0.05, 0.1) is 4.92 Å². The molecule has 0 aliphatic carbocycles. The maximum Gasteiger partial charge on any atom is 0.293 e. The van der Waals surface area contributed by atoms with Crippen molar-refractivity contribution < 1.29 is 9.72 Å². The fraction of sp³-hybridized carbons (Fsp3) is 0.500. The molecule has 2 N–H and O–H groups in total. The number of nitro groups is 1. The van der Waals surface area contributed by atoms with E-state index in [0.717, 1.165) is 12.1 Å². The highest BCUT2D eigenvalue weighted by Crippen LogP contribution is 2.25. The lowest BCUT2D eigenvalue weighted by atomic mass is 10.2. The van der Waals surface area contributed by atoms with Gasteiger partial charge in [-0.25, -0.2) is 0 Å². The van der Waals surface area contributed by atoms with Gasteiger partial charge in [-0.1, -0.05) is 19.9 Å². The zero-order chi connectivity index (χ0) is 15.1. The first-order chi connectivity index (χ1) is 9.40. The largest absolute Gasteiger partial charge is 0.320 e. The van der Waals surface area contributed by atoms with E-state index in [1.165, 1.54) is 6.07 Å². The number of hydrogen-bond donors (Lipinski definition) is 2. The van der Waals surface area contributed by atoms with Crippen molar-refractivity contribution in [2.75, 3.05) is 11.9 Å². The van der Waals surface area contributed by atoms with E-state index in [2.05, 4.69) is 10.6 Å². The van der Waals surface area contributed by atoms with E-state index in [0.29, 0.717) is 18.9 Å². The van der Waals surface area contributed by atoms with Crippen LogP contribution in [0.1, 0.15) is 32.3 Å². The van der Waals surface area contributed by atoms with Crippen LogP contribution in [0.25, 0.3) is 0 Å². The Hall–Kier alpha value is -1.95. The molecular formula is C14H21N3O3. The first-order valence-corrected chi connectivity index (χ1v) is 6.68. The molecule has 1 aromatic rings. The van der Waals surface area contributed by atoms with E-state index in [9.17, 15) is 14.9 Å². The van der Waals surface area contributed by atoms with Gasteiger partial charge in [0.15, 0.2) is 0 Å². The van der Waals surface area contributed by atoms with Crippen molar-refractivity contribution in [1.29, 1.82) is 0 Å². The van der Waals surface area contributed by atoms with E-state index in [4.69, 9.17) is 0 Å². The minimum Gasteiger partial charge on any atom is -0.320 e. The number of carbonyl (C=O) groups excluding carboxylic acids is 1. The summed E-state index contributed by atoms with van der Waals surface area (Å²) in [6.45, 7) is 6.60. The standard InChI is InChI=1S/C14H21N3O3/c1-10(2)15-8-4-5-14(18)16-12-7-6-11(3)9-13(12)17(19)20/h6-7,9-10,15H,4-5,8H2,1-3H3,(H,16,18). The first kappa shape index (κ1) is 16.1. The Labute approximate surface area is 118 Å². The Morgan fingerprint density at radius 1 is 1.40 bits per heavy atom.